The molecule has 1 amide bonds. The summed E-state index contributed by atoms with van der Waals surface area (Å²) in [6, 6.07) is 9.43. The molecule has 3 heterocycles. The van der Waals surface area contributed by atoms with Crippen molar-refractivity contribution in [3.63, 3.8) is 0 Å². The van der Waals surface area contributed by atoms with Gasteiger partial charge in [0.25, 0.3) is 0 Å². The lowest BCUT2D eigenvalue weighted by atomic mass is 9.99. The Labute approximate surface area is 161 Å². The number of anilines is 1. The molecule has 2 aromatic heterocycles. The molecule has 0 saturated carbocycles. The molecule has 4 rings (SSSR count). The lowest BCUT2D eigenvalue weighted by molar-refractivity contribution is -0.123. The van der Waals surface area contributed by atoms with Crippen molar-refractivity contribution in [1.82, 2.24) is 15.3 Å². The quantitative estimate of drug-likeness (QED) is 0.709. The molecule has 1 saturated heterocycles. The zero-order valence-corrected chi connectivity index (χ0v) is 15.9. The van der Waals surface area contributed by atoms with E-state index in [1.54, 1.807) is 13.3 Å². The van der Waals surface area contributed by atoms with Gasteiger partial charge in [-0.2, -0.15) is 11.3 Å². The predicted octanol–water partition coefficient (Wildman–Crippen LogP) is 2.68. The van der Waals surface area contributed by atoms with Crippen LogP contribution in [0, 0.1) is 0 Å². The number of benzene rings is 1. The van der Waals surface area contributed by atoms with Gasteiger partial charge in [-0.1, -0.05) is 12.1 Å². The van der Waals surface area contributed by atoms with Crippen molar-refractivity contribution < 1.29 is 9.90 Å². The third kappa shape index (κ3) is 3.52. The molecule has 2 atom stereocenters. The number of nitrogens with zero attached hydrogens (tertiary/aromatic N) is 3. The SMILES string of the molecule is C[C@](O)(CNC(=O)[C@@H]1CCCN1c1ncnc2ccccc12)c1ccsc1. The van der Waals surface area contributed by atoms with E-state index in [9.17, 15) is 9.90 Å². The second-order valence-corrected chi connectivity index (χ2v) is 7.85. The third-order valence-corrected chi connectivity index (χ3v) is 5.78. The lowest BCUT2D eigenvalue weighted by Crippen LogP contribution is -2.47. The number of hydrogen-bond acceptors (Lipinski definition) is 6. The maximum atomic E-state index is 12.9. The van der Waals surface area contributed by atoms with E-state index >= 15 is 0 Å². The summed E-state index contributed by atoms with van der Waals surface area (Å²) in [6.07, 6.45) is 3.24. The van der Waals surface area contributed by atoms with E-state index in [1.807, 2.05) is 41.1 Å². The van der Waals surface area contributed by atoms with Crippen molar-refractivity contribution in [3.8, 4) is 0 Å². The number of thiophene rings is 1. The van der Waals surface area contributed by atoms with Crippen LogP contribution in [0.3, 0.4) is 0 Å². The maximum Gasteiger partial charge on any atom is 0.242 e. The molecule has 2 N–H and O–H groups in total. The van der Waals surface area contributed by atoms with Crippen LogP contribution in [0.2, 0.25) is 0 Å². The summed E-state index contributed by atoms with van der Waals surface area (Å²) in [5, 5.41) is 18.4. The number of hydrogen-bond donors (Lipinski definition) is 2. The number of fused-ring (bicyclic) bond motifs is 1. The Morgan fingerprint density at radius 1 is 1.37 bits per heavy atom. The van der Waals surface area contributed by atoms with Gasteiger partial charge in [0.05, 0.1) is 12.1 Å². The maximum absolute atomic E-state index is 12.9. The molecule has 1 aromatic carbocycles. The number of aliphatic hydroxyl groups is 1. The van der Waals surface area contributed by atoms with E-state index in [0.717, 1.165) is 41.7 Å². The van der Waals surface area contributed by atoms with Gasteiger partial charge in [0.15, 0.2) is 0 Å². The Morgan fingerprint density at radius 2 is 2.22 bits per heavy atom. The summed E-state index contributed by atoms with van der Waals surface area (Å²) in [6.45, 7) is 2.68. The molecule has 0 unspecified atom stereocenters. The highest BCUT2D eigenvalue weighted by molar-refractivity contribution is 7.08. The molecular weight excluding hydrogens is 360 g/mol. The molecule has 1 aliphatic rings. The van der Waals surface area contributed by atoms with Crippen molar-refractivity contribution in [2.75, 3.05) is 18.0 Å². The summed E-state index contributed by atoms with van der Waals surface area (Å²) < 4.78 is 0. The predicted molar refractivity (Wildman–Crippen MR) is 107 cm³/mol. The minimum Gasteiger partial charge on any atom is -0.384 e. The molecule has 3 aromatic rings. The fourth-order valence-electron chi connectivity index (χ4n) is 3.56. The zero-order valence-electron chi connectivity index (χ0n) is 15.1. The fraction of sp³-hybridized carbons (Fsp3) is 0.350. The van der Waals surface area contributed by atoms with Crippen LogP contribution < -0.4 is 10.2 Å². The van der Waals surface area contributed by atoms with Crippen LogP contribution in [0.25, 0.3) is 10.9 Å². The van der Waals surface area contributed by atoms with Gasteiger partial charge in [0.2, 0.25) is 5.91 Å². The fourth-order valence-corrected chi connectivity index (χ4v) is 4.35. The summed E-state index contributed by atoms with van der Waals surface area (Å²) in [4.78, 5) is 23.7. The molecule has 1 aliphatic heterocycles. The highest BCUT2D eigenvalue weighted by Crippen LogP contribution is 2.29. The van der Waals surface area contributed by atoms with E-state index in [0.29, 0.717) is 0 Å². The van der Waals surface area contributed by atoms with Gasteiger partial charge in [-0.05, 0) is 54.3 Å². The van der Waals surface area contributed by atoms with Crippen molar-refractivity contribution >= 4 is 34.0 Å². The normalized spacial score (nSPS) is 19.2. The van der Waals surface area contributed by atoms with Crippen molar-refractivity contribution in [1.29, 1.82) is 0 Å². The second-order valence-electron chi connectivity index (χ2n) is 7.07. The Bertz CT molecular complexity index is 937. The number of carbonyl (C=O) groups excluding carboxylic acids is 1. The first-order valence-corrected chi connectivity index (χ1v) is 10.00. The van der Waals surface area contributed by atoms with E-state index in [-0.39, 0.29) is 18.5 Å². The first-order valence-electron chi connectivity index (χ1n) is 9.05. The van der Waals surface area contributed by atoms with E-state index in [1.165, 1.54) is 11.3 Å². The molecule has 27 heavy (non-hydrogen) atoms. The van der Waals surface area contributed by atoms with Gasteiger partial charge in [-0.15, -0.1) is 0 Å². The summed E-state index contributed by atoms with van der Waals surface area (Å²) in [5.41, 5.74) is 0.604. The molecule has 1 fully saturated rings. The monoisotopic (exact) mass is 382 g/mol. The first-order chi connectivity index (χ1) is 13.1. The molecule has 6 nitrogen and oxygen atoms in total. The molecule has 140 valence electrons. The summed E-state index contributed by atoms with van der Waals surface area (Å²) in [5.74, 6) is 0.716. The number of para-hydroxylation sites is 1. The number of rotatable bonds is 5. The number of aromatic nitrogens is 2. The van der Waals surface area contributed by atoms with E-state index < -0.39 is 5.60 Å². The van der Waals surface area contributed by atoms with Crippen molar-refractivity contribution in [2.45, 2.75) is 31.4 Å². The van der Waals surface area contributed by atoms with Crippen LogP contribution in [0.1, 0.15) is 25.3 Å². The van der Waals surface area contributed by atoms with Crippen LogP contribution in [-0.4, -0.2) is 40.1 Å². The highest BCUT2D eigenvalue weighted by atomic mass is 32.1. The van der Waals surface area contributed by atoms with Gasteiger partial charge in [0, 0.05) is 11.9 Å². The van der Waals surface area contributed by atoms with Crippen LogP contribution in [-0.2, 0) is 10.4 Å². The van der Waals surface area contributed by atoms with Gasteiger partial charge in [0.1, 0.15) is 23.8 Å². The standard InChI is InChI=1S/C20H22N4O2S/c1-20(26,14-8-10-27-11-14)12-21-19(25)17-7-4-9-24(17)18-15-5-2-3-6-16(15)22-13-23-18/h2-3,5-6,8,10-11,13,17,26H,4,7,9,12H2,1H3,(H,21,25)/t17-,20-/m0/s1. The third-order valence-electron chi connectivity index (χ3n) is 5.10. The Kier molecular flexibility index (Phi) is 4.80. The van der Waals surface area contributed by atoms with Gasteiger partial charge in [-0.25, -0.2) is 9.97 Å². The Morgan fingerprint density at radius 3 is 3.04 bits per heavy atom. The van der Waals surface area contributed by atoms with Crippen LogP contribution in [0.15, 0.2) is 47.4 Å². The lowest BCUT2D eigenvalue weighted by Gasteiger charge is -2.28. The van der Waals surface area contributed by atoms with Gasteiger partial charge < -0.3 is 15.3 Å². The largest absolute Gasteiger partial charge is 0.384 e. The van der Waals surface area contributed by atoms with Crippen molar-refractivity contribution in [2.24, 2.45) is 0 Å². The van der Waals surface area contributed by atoms with Crippen LogP contribution in [0.5, 0.6) is 0 Å². The second kappa shape index (κ2) is 7.25. The molecule has 0 bridgehead atoms. The number of carbonyl (C=O) groups is 1. The van der Waals surface area contributed by atoms with Gasteiger partial charge in [-0.3, -0.25) is 4.79 Å². The number of nitrogens with one attached hydrogen (secondary N) is 1. The molecule has 7 heteroatoms. The first kappa shape index (κ1) is 17.9. The molecular formula is C20H22N4O2S. The Balaban J connectivity index is 1.52. The number of amides is 1. The minimum absolute atomic E-state index is 0.0781. The molecule has 0 spiro atoms. The van der Waals surface area contributed by atoms with E-state index in [4.69, 9.17) is 0 Å². The highest BCUT2D eigenvalue weighted by Gasteiger charge is 2.34. The van der Waals surface area contributed by atoms with Crippen LogP contribution >= 0.6 is 11.3 Å². The van der Waals surface area contributed by atoms with Crippen LogP contribution in [0.4, 0.5) is 5.82 Å². The van der Waals surface area contributed by atoms with Crippen molar-refractivity contribution in [3.05, 3.63) is 53.0 Å². The zero-order chi connectivity index (χ0) is 18.9. The van der Waals surface area contributed by atoms with E-state index in [2.05, 4.69) is 20.2 Å². The average Bonchev–Trinajstić information content (AvgIpc) is 3.38. The summed E-state index contributed by atoms with van der Waals surface area (Å²) in [7, 11) is 0. The topological polar surface area (TPSA) is 78.4 Å². The Hall–Kier alpha value is -2.51. The summed E-state index contributed by atoms with van der Waals surface area (Å²) >= 11 is 1.53. The average molecular weight is 382 g/mol. The minimum atomic E-state index is -1.08. The smallest absolute Gasteiger partial charge is 0.242 e. The molecule has 0 aliphatic carbocycles. The van der Waals surface area contributed by atoms with Gasteiger partial charge >= 0.3 is 0 Å². The molecule has 0 radical (unpaired) electrons.